The maximum Gasteiger partial charge on any atom is 0.389 e. The van der Waals surface area contributed by atoms with E-state index < -0.39 is 12.6 Å². The summed E-state index contributed by atoms with van der Waals surface area (Å²) in [6, 6.07) is -0.0393. The number of halogens is 3. The largest absolute Gasteiger partial charge is 0.389 e. The molecule has 0 aromatic rings. The summed E-state index contributed by atoms with van der Waals surface area (Å²) in [6.07, 6.45) is -4.16. The zero-order valence-corrected chi connectivity index (χ0v) is 11.1. The molecule has 2 N–H and O–H groups in total. The SMILES string of the molecule is CCCNC1COCC1C(=O)NCCCC(F)(F)F. The maximum absolute atomic E-state index is 11.9. The molecular weight excluding hydrogens is 261 g/mol. The Balaban J connectivity index is 2.24. The van der Waals surface area contributed by atoms with Crippen LogP contribution < -0.4 is 10.6 Å². The molecule has 19 heavy (non-hydrogen) atoms. The van der Waals surface area contributed by atoms with Crippen molar-refractivity contribution >= 4 is 5.91 Å². The van der Waals surface area contributed by atoms with Crippen molar-refractivity contribution in [3.05, 3.63) is 0 Å². The Labute approximate surface area is 111 Å². The second-order valence-electron chi connectivity index (χ2n) is 4.71. The predicted octanol–water partition coefficient (Wildman–Crippen LogP) is 1.46. The molecule has 112 valence electrons. The molecule has 7 heteroatoms. The van der Waals surface area contributed by atoms with Gasteiger partial charge in [0.15, 0.2) is 0 Å². The molecule has 0 bridgehead atoms. The van der Waals surface area contributed by atoms with Gasteiger partial charge in [-0.25, -0.2) is 0 Å². The molecule has 0 aromatic heterocycles. The lowest BCUT2D eigenvalue weighted by Gasteiger charge is -2.18. The quantitative estimate of drug-likeness (QED) is 0.695. The van der Waals surface area contributed by atoms with Crippen molar-refractivity contribution in [1.82, 2.24) is 10.6 Å². The van der Waals surface area contributed by atoms with Gasteiger partial charge in [-0.15, -0.1) is 0 Å². The van der Waals surface area contributed by atoms with Crippen molar-refractivity contribution in [3.8, 4) is 0 Å². The van der Waals surface area contributed by atoms with Crippen molar-refractivity contribution in [2.45, 2.75) is 38.4 Å². The highest BCUT2D eigenvalue weighted by molar-refractivity contribution is 5.79. The smallest absolute Gasteiger partial charge is 0.379 e. The summed E-state index contributed by atoms with van der Waals surface area (Å²) in [5.74, 6) is -0.536. The number of carbonyl (C=O) groups excluding carboxylic acids is 1. The third-order valence-electron chi connectivity index (χ3n) is 3.01. The fourth-order valence-corrected chi connectivity index (χ4v) is 1.98. The number of amides is 1. The first-order valence-corrected chi connectivity index (χ1v) is 6.59. The van der Waals surface area contributed by atoms with E-state index in [-0.39, 0.29) is 30.8 Å². The third-order valence-corrected chi connectivity index (χ3v) is 3.01. The first-order chi connectivity index (χ1) is 8.94. The number of alkyl halides is 3. The van der Waals surface area contributed by atoms with Gasteiger partial charge in [0.1, 0.15) is 0 Å². The Bertz CT molecular complexity index is 285. The summed E-state index contributed by atoms with van der Waals surface area (Å²) in [6.45, 7) is 3.67. The van der Waals surface area contributed by atoms with E-state index >= 15 is 0 Å². The summed E-state index contributed by atoms with van der Waals surface area (Å²) in [7, 11) is 0. The normalized spacial score (nSPS) is 23.6. The van der Waals surface area contributed by atoms with Gasteiger partial charge in [-0.3, -0.25) is 4.79 Å². The van der Waals surface area contributed by atoms with Gasteiger partial charge < -0.3 is 15.4 Å². The monoisotopic (exact) mass is 282 g/mol. The van der Waals surface area contributed by atoms with Crippen LogP contribution in [0, 0.1) is 5.92 Å². The Hall–Kier alpha value is -0.820. The number of ether oxygens (including phenoxy) is 1. The van der Waals surface area contributed by atoms with E-state index in [0.717, 1.165) is 13.0 Å². The van der Waals surface area contributed by atoms with Gasteiger partial charge in [0.25, 0.3) is 0 Å². The first kappa shape index (κ1) is 16.2. The molecule has 1 rings (SSSR count). The first-order valence-electron chi connectivity index (χ1n) is 6.59. The van der Waals surface area contributed by atoms with Gasteiger partial charge >= 0.3 is 6.18 Å². The second kappa shape index (κ2) is 7.69. The molecule has 1 aliphatic heterocycles. The average molecular weight is 282 g/mol. The van der Waals surface area contributed by atoms with Gasteiger partial charge in [0.2, 0.25) is 5.91 Å². The summed E-state index contributed by atoms with van der Waals surface area (Å²) in [5.41, 5.74) is 0. The molecule has 4 nitrogen and oxygen atoms in total. The number of nitrogens with one attached hydrogen (secondary N) is 2. The van der Waals surface area contributed by atoms with Crippen LogP contribution in [0.3, 0.4) is 0 Å². The molecule has 1 heterocycles. The molecule has 0 spiro atoms. The van der Waals surface area contributed by atoms with Gasteiger partial charge in [-0.2, -0.15) is 13.2 Å². The molecule has 0 saturated carbocycles. The van der Waals surface area contributed by atoms with Gasteiger partial charge in [-0.05, 0) is 19.4 Å². The lowest BCUT2D eigenvalue weighted by atomic mass is 10.0. The Morgan fingerprint density at radius 1 is 1.32 bits per heavy atom. The highest BCUT2D eigenvalue weighted by atomic mass is 19.4. The summed E-state index contributed by atoms with van der Waals surface area (Å²) in [4.78, 5) is 11.8. The van der Waals surface area contributed by atoms with Crippen LogP contribution in [0.5, 0.6) is 0 Å². The van der Waals surface area contributed by atoms with E-state index in [1.54, 1.807) is 0 Å². The lowest BCUT2D eigenvalue weighted by Crippen LogP contribution is -2.44. The molecule has 1 aliphatic rings. The maximum atomic E-state index is 11.9. The zero-order valence-electron chi connectivity index (χ0n) is 11.1. The van der Waals surface area contributed by atoms with E-state index in [2.05, 4.69) is 10.6 Å². The summed E-state index contributed by atoms with van der Waals surface area (Å²) >= 11 is 0. The van der Waals surface area contributed by atoms with Gasteiger partial charge in [0, 0.05) is 19.0 Å². The number of carbonyl (C=O) groups is 1. The predicted molar refractivity (Wildman–Crippen MR) is 64.7 cm³/mol. The Morgan fingerprint density at radius 2 is 2.05 bits per heavy atom. The van der Waals surface area contributed by atoms with Crippen LogP contribution in [-0.2, 0) is 9.53 Å². The molecule has 1 saturated heterocycles. The van der Waals surface area contributed by atoms with Crippen LogP contribution in [0.2, 0.25) is 0 Å². The van der Waals surface area contributed by atoms with Crippen LogP contribution >= 0.6 is 0 Å². The lowest BCUT2D eigenvalue weighted by molar-refractivity contribution is -0.136. The van der Waals surface area contributed by atoms with Gasteiger partial charge in [0.05, 0.1) is 19.1 Å². The average Bonchev–Trinajstić information content (AvgIpc) is 2.79. The van der Waals surface area contributed by atoms with Crippen molar-refractivity contribution in [3.63, 3.8) is 0 Å². The third kappa shape index (κ3) is 6.24. The minimum absolute atomic E-state index is 0.0393. The molecule has 0 radical (unpaired) electrons. The highest BCUT2D eigenvalue weighted by Crippen LogP contribution is 2.21. The fraction of sp³-hybridized carbons (Fsp3) is 0.917. The van der Waals surface area contributed by atoms with E-state index in [1.807, 2.05) is 6.92 Å². The summed E-state index contributed by atoms with van der Waals surface area (Å²) < 4.78 is 41.1. The van der Waals surface area contributed by atoms with Crippen molar-refractivity contribution < 1.29 is 22.7 Å². The molecular formula is C12H21F3N2O2. The van der Waals surface area contributed by atoms with Crippen LogP contribution in [0.1, 0.15) is 26.2 Å². The Morgan fingerprint density at radius 3 is 2.68 bits per heavy atom. The van der Waals surface area contributed by atoms with Crippen molar-refractivity contribution in [1.29, 1.82) is 0 Å². The molecule has 1 fully saturated rings. The van der Waals surface area contributed by atoms with E-state index in [0.29, 0.717) is 13.2 Å². The molecule has 2 atom stereocenters. The van der Waals surface area contributed by atoms with Gasteiger partial charge in [-0.1, -0.05) is 6.92 Å². The minimum atomic E-state index is -4.16. The van der Waals surface area contributed by atoms with Crippen LogP contribution in [0.15, 0.2) is 0 Å². The van der Waals surface area contributed by atoms with E-state index in [1.165, 1.54) is 0 Å². The topological polar surface area (TPSA) is 50.4 Å². The molecule has 0 aromatic carbocycles. The summed E-state index contributed by atoms with van der Waals surface area (Å²) in [5, 5.41) is 5.76. The molecule has 1 amide bonds. The van der Waals surface area contributed by atoms with E-state index in [9.17, 15) is 18.0 Å². The minimum Gasteiger partial charge on any atom is -0.379 e. The molecule has 0 aliphatic carbocycles. The Kier molecular flexibility index (Phi) is 6.57. The standard InChI is InChI=1S/C12H21F3N2O2/c1-2-5-16-10-8-19-7-9(10)11(18)17-6-3-4-12(13,14)15/h9-10,16H,2-8H2,1H3,(H,17,18). The second-order valence-corrected chi connectivity index (χ2v) is 4.71. The number of rotatable bonds is 7. The zero-order chi connectivity index (χ0) is 14.3. The molecule has 2 unspecified atom stereocenters. The highest BCUT2D eigenvalue weighted by Gasteiger charge is 2.33. The van der Waals surface area contributed by atoms with Crippen LogP contribution in [-0.4, -0.2) is 44.4 Å². The number of hydrogen-bond acceptors (Lipinski definition) is 3. The van der Waals surface area contributed by atoms with E-state index in [4.69, 9.17) is 4.74 Å². The van der Waals surface area contributed by atoms with Crippen LogP contribution in [0.25, 0.3) is 0 Å². The number of hydrogen-bond donors (Lipinski definition) is 2. The van der Waals surface area contributed by atoms with Crippen LogP contribution in [0.4, 0.5) is 13.2 Å². The van der Waals surface area contributed by atoms with Crippen molar-refractivity contribution in [2.24, 2.45) is 5.92 Å². The van der Waals surface area contributed by atoms with Crippen molar-refractivity contribution in [2.75, 3.05) is 26.3 Å². The fourth-order valence-electron chi connectivity index (χ4n) is 1.98.